The van der Waals surface area contributed by atoms with E-state index in [4.69, 9.17) is 9.97 Å². The molecule has 36 heavy (non-hydrogen) atoms. The highest BCUT2D eigenvalue weighted by atomic mass is 15.0. The number of para-hydroxylation sites is 1. The largest absolute Gasteiger partial charge is 0.305 e. The fourth-order valence-corrected chi connectivity index (χ4v) is 6.54. The maximum absolute atomic E-state index is 4.92. The highest BCUT2D eigenvalue weighted by Crippen LogP contribution is 2.41. The molecule has 0 aliphatic heterocycles. The van der Waals surface area contributed by atoms with Crippen LogP contribution in [0.25, 0.3) is 78.1 Å². The zero-order valence-electron chi connectivity index (χ0n) is 19.4. The summed E-state index contributed by atoms with van der Waals surface area (Å²) in [5.74, 6) is 0. The monoisotopic (exact) mass is 460 g/mol. The van der Waals surface area contributed by atoms with Gasteiger partial charge >= 0.3 is 0 Å². The van der Waals surface area contributed by atoms with Crippen LogP contribution in [0.5, 0.6) is 0 Å². The fraction of sp³-hybridized carbons (Fsp3) is 0.0625. The third kappa shape index (κ3) is 2.12. The summed E-state index contributed by atoms with van der Waals surface area (Å²) in [4.78, 5) is 9.83. The Bertz CT molecular complexity index is 2300. The maximum Gasteiger partial charge on any atom is 0.0994 e. The smallest absolute Gasteiger partial charge is 0.0994 e. The molecule has 0 fully saturated rings. The van der Waals surface area contributed by atoms with Gasteiger partial charge in [0.2, 0.25) is 0 Å². The van der Waals surface area contributed by atoms with Gasteiger partial charge in [-0.1, -0.05) is 66.7 Å². The first-order valence-electron chi connectivity index (χ1n) is 12.5. The van der Waals surface area contributed by atoms with Crippen molar-refractivity contribution in [3.63, 3.8) is 0 Å². The Kier molecular flexibility index (Phi) is 3.36. The van der Waals surface area contributed by atoms with E-state index < -0.39 is 0 Å². The van der Waals surface area contributed by atoms with Crippen LogP contribution in [0.4, 0.5) is 0 Å². The van der Waals surface area contributed by atoms with Crippen LogP contribution >= 0.6 is 0 Å². The van der Waals surface area contributed by atoms with E-state index in [1.807, 2.05) is 12.4 Å². The Morgan fingerprint density at radius 3 is 2.22 bits per heavy atom. The number of rotatable bonds is 1. The molecule has 4 heteroatoms. The minimum absolute atomic E-state index is 0.984. The van der Waals surface area contributed by atoms with Gasteiger partial charge in [0.1, 0.15) is 0 Å². The molecule has 168 valence electrons. The Balaban J connectivity index is 1.68. The molecule has 0 amide bonds. The average molecular weight is 461 g/mol. The van der Waals surface area contributed by atoms with Crippen LogP contribution in [0.1, 0.15) is 12.8 Å². The molecule has 1 aliphatic rings. The molecular formula is C32H20N4. The van der Waals surface area contributed by atoms with Crippen molar-refractivity contribution in [1.29, 1.82) is 0 Å². The van der Waals surface area contributed by atoms with Crippen LogP contribution in [-0.4, -0.2) is 18.8 Å². The summed E-state index contributed by atoms with van der Waals surface area (Å²) in [5, 5.41) is 6.20. The Morgan fingerprint density at radius 2 is 1.33 bits per heavy atom. The van der Waals surface area contributed by atoms with E-state index in [1.54, 1.807) is 0 Å². The predicted molar refractivity (Wildman–Crippen MR) is 148 cm³/mol. The molecule has 0 spiro atoms. The van der Waals surface area contributed by atoms with E-state index >= 15 is 0 Å². The Hall–Kier alpha value is -4.70. The molecule has 4 heterocycles. The van der Waals surface area contributed by atoms with Crippen molar-refractivity contribution in [3.05, 3.63) is 95.8 Å². The van der Waals surface area contributed by atoms with Gasteiger partial charge in [0.15, 0.2) is 0 Å². The summed E-state index contributed by atoms with van der Waals surface area (Å²) < 4.78 is 4.95. The third-order valence-corrected chi connectivity index (χ3v) is 7.93. The first-order valence-corrected chi connectivity index (χ1v) is 12.5. The van der Waals surface area contributed by atoms with Gasteiger partial charge in [-0.25, -0.2) is 0 Å². The van der Waals surface area contributed by atoms with E-state index in [2.05, 4.69) is 93.7 Å². The molecule has 1 aliphatic carbocycles. The fourth-order valence-electron chi connectivity index (χ4n) is 6.54. The van der Waals surface area contributed by atoms with Gasteiger partial charge < -0.3 is 8.80 Å². The second kappa shape index (κ2) is 6.49. The zero-order valence-corrected chi connectivity index (χ0v) is 19.4. The molecule has 0 radical (unpaired) electrons. The molecule has 0 bridgehead atoms. The minimum atomic E-state index is 0.984. The lowest BCUT2D eigenvalue weighted by Gasteiger charge is -2.13. The number of hydrogen-bond donors (Lipinski definition) is 0. The first-order chi connectivity index (χ1) is 17.9. The van der Waals surface area contributed by atoms with Crippen LogP contribution in [0, 0.1) is 0 Å². The number of fused-ring (bicyclic) bond motifs is 12. The minimum Gasteiger partial charge on any atom is -0.305 e. The molecule has 0 saturated heterocycles. The summed E-state index contributed by atoms with van der Waals surface area (Å²) in [5.41, 5.74) is 10.5. The second-order valence-electron chi connectivity index (χ2n) is 9.74. The summed E-state index contributed by atoms with van der Waals surface area (Å²) in [6, 6.07) is 26.3. The summed E-state index contributed by atoms with van der Waals surface area (Å²) in [6.07, 6.45) is 10.5. The molecule has 0 N–H and O–H groups in total. The van der Waals surface area contributed by atoms with Crippen molar-refractivity contribution < 1.29 is 0 Å². The highest BCUT2D eigenvalue weighted by Gasteiger charge is 2.25. The quantitative estimate of drug-likeness (QED) is 0.279. The molecule has 4 aromatic carbocycles. The number of hydrogen-bond acceptors (Lipinski definition) is 2. The van der Waals surface area contributed by atoms with Gasteiger partial charge in [-0.2, -0.15) is 0 Å². The van der Waals surface area contributed by atoms with Crippen LogP contribution in [0.3, 0.4) is 0 Å². The van der Waals surface area contributed by atoms with Crippen molar-refractivity contribution >= 4 is 66.9 Å². The highest BCUT2D eigenvalue weighted by molar-refractivity contribution is 6.31. The topological polar surface area (TPSA) is 34.6 Å². The van der Waals surface area contributed by atoms with Crippen LogP contribution in [0.15, 0.2) is 85.2 Å². The van der Waals surface area contributed by atoms with Crippen LogP contribution < -0.4 is 10.6 Å². The van der Waals surface area contributed by atoms with E-state index in [0.717, 1.165) is 23.9 Å². The predicted octanol–water partition coefficient (Wildman–Crippen LogP) is 6.05. The van der Waals surface area contributed by atoms with Gasteiger partial charge in [-0.3, -0.25) is 9.97 Å². The normalized spacial score (nSPS) is 13.8. The molecule has 0 atom stereocenters. The van der Waals surface area contributed by atoms with Gasteiger partial charge in [0.25, 0.3) is 0 Å². The second-order valence-corrected chi connectivity index (χ2v) is 9.74. The van der Waals surface area contributed by atoms with Gasteiger partial charge in [-0.05, 0) is 42.2 Å². The lowest BCUT2D eigenvalue weighted by molar-refractivity contribution is 1.08. The number of aromatic nitrogens is 4. The average Bonchev–Trinajstić information content (AvgIpc) is 3.48. The standard InChI is InChI=1S/C32H20N4/c1-2-8-19(9-3-1)20-14-15-25-26(18-20)36-24-13-7-5-11-22(24)28-30-29(33-16-17-34-30)27-21-10-4-6-12-23(21)35(25)31(27)32(28)36/h1-4,6,8-18H,5,7H2. The third-order valence-electron chi connectivity index (χ3n) is 7.93. The SMILES string of the molecule is C1=c2c(n3c4cc(-c5ccccc5)ccc4n4c5ccccc5c5c6nccnc6c2c3c54)=CCC1. The number of nitrogens with zero attached hydrogens (tertiary/aromatic N) is 4. The van der Waals surface area contributed by atoms with Crippen LogP contribution in [-0.2, 0) is 0 Å². The molecule has 0 saturated carbocycles. The first kappa shape index (κ1) is 18.6. The molecule has 8 aromatic rings. The van der Waals surface area contributed by atoms with Crippen molar-refractivity contribution in [2.75, 3.05) is 0 Å². The van der Waals surface area contributed by atoms with Gasteiger partial charge in [-0.15, -0.1) is 0 Å². The van der Waals surface area contributed by atoms with E-state index in [1.165, 1.54) is 65.4 Å². The molecular weight excluding hydrogens is 440 g/mol. The lowest BCUT2D eigenvalue weighted by atomic mass is 10.0. The summed E-state index contributed by atoms with van der Waals surface area (Å²) >= 11 is 0. The Morgan fingerprint density at radius 1 is 0.583 bits per heavy atom. The van der Waals surface area contributed by atoms with Gasteiger partial charge in [0, 0.05) is 33.8 Å². The van der Waals surface area contributed by atoms with Crippen molar-refractivity contribution in [2.45, 2.75) is 12.8 Å². The molecule has 4 aromatic heterocycles. The maximum atomic E-state index is 4.92. The molecule has 9 rings (SSSR count). The Labute approximate surface area is 205 Å². The van der Waals surface area contributed by atoms with Crippen molar-refractivity contribution in [2.24, 2.45) is 0 Å². The molecule has 0 unspecified atom stereocenters. The van der Waals surface area contributed by atoms with Crippen molar-refractivity contribution in [1.82, 2.24) is 18.8 Å². The van der Waals surface area contributed by atoms with Crippen molar-refractivity contribution in [3.8, 4) is 11.1 Å². The van der Waals surface area contributed by atoms with Gasteiger partial charge in [0.05, 0.1) is 44.0 Å². The summed E-state index contributed by atoms with van der Waals surface area (Å²) in [6.45, 7) is 0. The van der Waals surface area contributed by atoms with E-state index in [-0.39, 0.29) is 0 Å². The lowest BCUT2D eigenvalue weighted by Crippen LogP contribution is -2.28. The summed E-state index contributed by atoms with van der Waals surface area (Å²) in [7, 11) is 0. The number of benzene rings is 4. The van der Waals surface area contributed by atoms with Crippen LogP contribution in [0.2, 0.25) is 0 Å². The van der Waals surface area contributed by atoms with E-state index in [9.17, 15) is 0 Å². The van der Waals surface area contributed by atoms with E-state index in [0.29, 0.717) is 0 Å². The molecule has 4 nitrogen and oxygen atoms in total. The zero-order chi connectivity index (χ0) is 23.4.